The standard InChI is InChI=1S/K.2HNO3.Sr/c;2*2-1(3)4;/h;2*(H,2,3,4);/q+1;;;+2. The molecule has 0 rings (SSSR count). The van der Waals surface area contributed by atoms with Crippen molar-refractivity contribution in [3.63, 3.8) is 0 Å². The van der Waals surface area contributed by atoms with E-state index >= 15 is 0 Å². The first-order valence-corrected chi connectivity index (χ1v) is 1.13. The fraction of sp³-hybridized carbons (Fsp3) is 0. The van der Waals surface area contributed by atoms with E-state index in [1.54, 1.807) is 0 Å². The Morgan fingerprint density at radius 2 is 1.00 bits per heavy atom. The van der Waals surface area contributed by atoms with Crippen LogP contribution in [-0.2, 0) is 0 Å². The molecule has 0 fully saturated rings. The van der Waals surface area contributed by atoms with Crippen LogP contribution in [0.4, 0.5) is 0 Å². The molecule has 8 nitrogen and oxygen atoms in total. The monoisotopic (exact) mass is 253 g/mol. The molecule has 0 heterocycles. The van der Waals surface area contributed by atoms with Crippen LogP contribution in [0.2, 0.25) is 0 Å². The molecule has 0 saturated heterocycles. The van der Waals surface area contributed by atoms with Crippen molar-refractivity contribution in [3.05, 3.63) is 20.2 Å². The molecule has 0 radical (unpaired) electrons. The van der Waals surface area contributed by atoms with Gasteiger partial charge in [-0.05, 0) is 0 Å². The fourth-order valence-electron chi connectivity index (χ4n) is 0. The average molecular weight is 253 g/mol. The molecule has 0 aromatic heterocycles. The number of hydrogen-bond donors (Lipinski definition) is 2. The molecule has 0 aliphatic carbocycles. The van der Waals surface area contributed by atoms with Crippen LogP contribution in [-0.4, -0.2) is 66.1 Å². The smallest absolute Gasteiger partial charge is 0.328 e. The van der Waals surface area contributed by atoms with Crippen molar-refractivity contribution >= 4 is 45.5 Å². The maximum atomic E-state index is 8.36. The molecule has 0 aliphatic rings. The van der Waals surface area contributed by atoms with Gasteiger partial charge in [-0.15, -0.1) is 20.2 Å². The van der Waals surface area contributed by atoms with E-state index in [2.05, 4.69) is 0 Å². The van der Waals surface area contributed by atoms with Gasteiger partial charge >= 0.3 is 96.9 Å². The Bertz CT molecular complexity index is 73.7. The number of hydrogen-bond acceptors (Lipinski definition) is 4. The zero-order valence-corrected chi connectivity index (χ0v) is 11.7. The van der Waals surface area contributed by atoms with Gasteiger partial charge in [0.2, 0.25) is 0 Å². The van der Waals surface area contributed by atoms with E-state index in [0.29, 0.717) is 0 Å². The molecule has 0 atom stereocenters. The third kappa shape index (κ3) is 300. The van der Waals surface area contributed by atoms with Gasteiger partial charge in [0.1, 0.15) is 0 Å². The summed E-state index contributed by atoms with van der Waals surface area (Å²) in [6, 6.07) is 0. The van der Waals surface area contributed by atoms with Gasteiger partial charge in [-0.2, -0.15) is 0 Å². The predicted molar refractivity (Wildman–Crippen MR) is 23.3 cm³/mol. The maximum Gasteiger partial charge on any atom is 2.00 e. The second kappa shape index (κ2) is 16.9. The predicted octanol–water partition coefficient (Wildman–Crippen LogP) is -4.07. The van der Waals surface area contributed by atoms with Crippen molar-refractivity contribution < 1.29 is 72.0 Å². The quantitative estimate of drug-likeness (QED) is 0.257. The normalized spacial score (nSPS) is 4.80. The van der Waals surface area contributed by atoms with Crippen LogP contribution >= 0.6 is 0 Å². The Morgan fingerprint density at radius 3 is 1.00 bits per heavy atom. The van der Waals surface area contributed by atoms with E-state index in [9.17, 15) is 0 Å². The van der Waals surface area contributed by atoms with Crippen molar-refractivity contribution in [2.24, 2.45) is 0 Å². The topological polar surface area (TPSA) is 127 Å². The summed E-state index contributed by atoms with van der Waals surface area (Å²) >= 11 is 0. The molecular formula is H2KN2O6Sr+3. The van der Waals surface area contributed by atoms with E-state index in [4.69, 9.17) is 30.6 Å². The minimum atomic E-state index is -1.50. The number of rotatable bonds is 0. The summed E-state index contributed by atoms with van der Waals surface area (Å²) in [5, 5.41) is 27.3. The molecule has 0 amide bonds. The van der Waals surface area contributed by atoms with Crippen LogP contribution in [0, 0.1) is 20.2 Å². The first-order valence-electron chi connectivity index (χ1n) is 1.13. The molecule has 0 unspecified atom stereocenters. The van der Waals surface area contributed by atoms with Crippen molar-refractivity contribution in [3.8, 4) is 0 Å². The third-order valence-corrected chi connectivity index (χ3v) is 0. The SMILES string of the molecule is O=[N+]([O-])O.O=[N+]([O-])O.[K+].[Sr+2]. The average Bonchev–Trinajstić information content (AvgIpc) is 1.25. The number of nitrogens with zero attached hydrogens (tertiary/aromatic N) is 2. The van der Waals surface area contributed by atoms with Gasteiger partial charge in [0.05, 0.1) is 0 Å². The first kappa shape index (κ1) is 22.5. The van der Waals surface area contributed by atoms with Crippen molar-refractivity contribution in [1.82, 2.24) is 0 Å². The van der Waals surface area contributed by atoms with Gasteiger partial charge in [-0.25, -0.2) is 0 Å². The Hall–Kier alpha value is 1.52. The molecule has 0 aliphatic heterocycles. The summed E-state index contributed by atoms with van der Waals surface area (Å²) in [6.45, 7) is 0. The van der Waals surface area contributed by atoms with Crippen molar-refractivity contribution in [2.45, 2.75) is 0 Å². The molecule has 0 aromatic rings. The molecule has 10 heteroatoms. The summed E-state index contributed by atoms with van der Waals surface area (Å²) in [5.41, 5.74) is 0. The van der Waals surface area contributed by atoms with Gasteiger partial charge in [-0.3, -0.25) is 0 Å². The summed E-state index contributed by atoms with van der Waals surface area (Å²) in [4.78, 5) is 16.7. The van der Waals surface area contributed by atoms with Crippen LogP contribution in [0.5, 0.6) is 0 Å². The maximum absolute atomic E-state index is 8.36. The Morgan fingerprint density at radius 1 is 1.00 bits per heavy atom. The molecule has 10 heavy (non-hydrogen) atoms. The Balaban J connectivity index is -0.0000000300. The largest absolute Gasteiger partial charge is 2.00 e. The van der Waals surface area contributed by atoms with Crippen LogP contribution in [0.25, 0.3) is 0 Å². The van der Waals surface area contributed by atoms with Gasteiger partial charge in [0.15, 0.2) is 0 Å². The van der Waals surface area contributed by atoms with Gasteiger partial charge in [-0.1, -0.05) is 0 Å². The fourth-order valence-corrected chi connectivity index (χ4v) is 0. The zero-order chi connectivity index (χ0) is 7.15. The van der Waals surface area contributed by atoms with Crippen LogP contribution in [0.3, 0.4) is 0 Å². The van der Waals surface area contributed by atoms with Gasteiger partial charge in [0.25, 0.3) is 10.2 Å². The molecule has 0 bridgehead atoms. The van der Waals surface area contributed by atoms with E-state index < -0.39 is 10.2 Å². The van der Waals surface area contributed by atoms with Gasteiger partial charge < -0.3 is 10.4 Å². The summed E-state index contributed by atoms with van der Waals surface area (Å²) in [7, 11) is 0. The molecular weight excluding hydrogens is 251 g/mol. The Labute approximate surface area is 134 Å². The molecule has 0 spiro atoms. The van der Waals surface area contributed by atoms with Gasteiger partial charge in [0, 0.05) is 0 Å². The van der Waals surface area contributed by atoms with E-state index in [-0.39, 0.29) is 96.9 Å². The Kier molecular flexibility index (Phi) is 38.0. The second-order valence-electron chi connectivity index (χ2n) is 0.476. The van der Waals surface area contributed by atoms with E-state index in [1.165, 1.54) is 0 Å². The van der Waals surface area contributed by atoms with Crippen LogP contribution in [0.1, 0.15) is 0 Å². The summed E-state index contributed by atoms with van der Waals surface area (Å²) in [5.74, 6) is 0. The molecule has 48 valence electrons. The molecule has 0 saturated carbocycles. The summed E-state index contributed by atoms with van der Waals surface area (Å²) < 4.78 is 0. The van der Waals surface area contributed by atoms with E-state index in [0.717, 1.165) is 0 Å². The van der Waals surface area contributed by atoms with Crippen molar-refractivity contribution in [1.29, 1.82) is 0 Å². The minimum absolute atomic E-state index is 0. The minimum Gasteiger partial charge on any atom is -0.328 e. The van der Waals surface area contributed by atoms with Crippen LogP contribution < -0.4 is 51.4 Å². The first-order chi connectivity index (χ1) is 3.46. The third-order valence-electron chi connectivity index (χ3n) is 0. The second-order valence-corrected chi connectivity index (χ2v) is 0.476. The van der Waals surface area contributed by atoms with E-state index in [1.807, 2.05) is 0 Å². The van der Waals surface area contributed by atoms with Crippen molar-refractivity contribution in [2.75, 3.05) is 0 Å². The zero-order valence-electron chi connectivity index (χ0n) is 5.13. The summed E-state index contributed by atoms with van der Waals surface area (Å²) in [6.07, 6.45) is 0. The van der Waals surface area contributed by atoms with Crippen LogP contribution in [0.15, 0.2) is 0 Å². The molecule has 2 N–H and O–H groups in total. The molecule has 0 aromatic carbocycles.